The third-order valence-electron chi connectivity index (χ3n) is 8.56. The van der Waals surface area contributed by atoms with E-state index in [0.29, 0.717) is 5.56 Å². The van der Waals surface area contributed by atoms with Crippen LogP contribution >= 0.6 is 0 Å². The van der Waals surface area contributed by atoms with E-state index in [4.69, 9.17) is 14.2 Å². The van der Waals surface area contributed by atoms with Crippen LogP contribution < -0.4 is 24.2 Å². The number of benzene rings is 2. The van der Waals surface area contributed by atoms with Crippen LogP contribution in [0.15, 0.2) is 42.5 Å². The maximum absolute atomic E-state index is 15.0. The third-order valence-corrected chi connectivity index (χ3v) is 10.3. The number of hydrogen-bond donors (Lipinski definition) is 3. The molecule has 0 saturated heterocycles. The molecular formula is C34H35F4N3O7S. The maximum atomic E-state index is 15.0. The number of nitrogens with zero attached hydrogens (tertiary/aromatic N) is 1. The lowest BCUT2D eigenvalue weighted by Crippen LogP contribution is -2.47. The number of aromatic nitrogens is 1. The Hall–Kier alpha value is -4.08. The number of aliphatic hydroxyl groups is 1. The van der Waals surface area contributed by atoms with Gasteiger partial charge in [-0.3, -0.25) is 4.79 Å². The number of fused-ring (bicyclic) bond motifs is 2. The molecule has 0 radical (unpaired) electrons. The average Bonchev–Trinajstić information content (AvgIpc) is 3.79. The first-order chi connectivity index (χ1) is 22.9. The zero-order valence-electron chi connectivity index (χ0n) is 27.1. The number of rotatable bonds is 10. The molecule has 3 atom stereocenters. The Morgan fingerprint density at radius 3 is 2.47 bits per heavy atom. The monoisotopic (exact) mass is 705 g/mol. The summed E-state index contributed by atoms with van der Waals surface area (Å²) in [7, 11) is -1.68. The summed E-state index contributed by atoms with van der Waals surface area (Å²) in [6.07, 6.45) is -6.48. The summed E-state index contributed by atoms with van der Waals surface area (Å²) in [6.45, 7) is 6.68. The predicted octanol–water partition coefficient (Wildman–Crippen LogP) is 6.10. The van der Waals surface area contributed by atoms with Gasteiger partial charge in [0, 0.05) is 35.2 Å². The second kappa shape index (κ2) is 12.4. The molecule has 0 spiro atoms. The molecule has 3 aromatic rings. The first-order valence-corrected chi connectivity index (χ1v) is 16.8. The molecule has 0 bridgehead atoms. The van der Waals surface area contributed by atoms with Crippen LogP contribution in [0.3, 0.4) is 0 Å². The number of ether oxygens (including phenoxy) is 3. The fourth-order valence-corrected chi connectivity index (χ4v) is 6.40. The van der Waals surface area contributed by atoms with Gasteiger partial charge in [0.05, 0.1) is 33.1 Å². The van der Waals surface area contributed by atoms with Gasteiger partial charge in [-0.15, -0.1) is 0 Å². The van der Waals surface area contributed by atoms with Gasteiger partial charge in [-0.1, -0.05) is 0 Å². The number of nitrogens with one attached hydrogen (secondary N) is 2. The molecule has 2 aliphatic heterocycles. The topological polar surface area (TPSA) is 136 Å². The van der Waals surface area contributed by atoms with Crippen molar-refractivity contribution in [2.45, 2.75) is 88.1 Å². The molecule has 49 heavy (non-hydrogen) atoms. The van der Waals surface area contributed by atoms with Gasteiger partial charge in [-0.2, -0.15) is 13.2 Å². The molecule has 3 unspecified atom stereocenters. The molecule has 2 aromatic carbocycles. The number of ketones is 1. The van der Waals surface area contributed by atoms with Crippen LogP contribution in [0.1, 0.15) is 80.6 Å². The SMILES string of the molecule is CC1(NS(=O)C(C)(C)C)COc2c1cc(C(O)(CCC(=O)c1cc3c(c(OC4CC4)c1)OC(=O)NC3)C(F)(F)F)nc2-c1ccc(F)cc1. The van der Waals surface area contributed by atoms with Crippen LogP contribution in [0.5, 0.6) is 17.2 Å². The fourth-order valence-electron chi connectivity index (χ4n) is 5.51. The minimum atomic E-state index is -5.31. The quantitative estimate of drug-likeness (QED) is 0.170. The second-order valence-corrected chi connectivity index (χ2v) is 15.6. The minimum absolute atomic E-state index is 0.0161. The molecule has 6 rings (SSSR count). The van der Waals surface area contributed by atoms with E-state index in [1.165, 1.54) is 24.3 Å². The summed E-state index contributed by atoms with van der Waals surface area (Å²) >= 11 is 0. The highest BCUT2D eigenvalue weighted by molar-refractivity contribution is 7.84. The van der Waals surface area contributed by atoms with Gasteiger partial charge >= 0.3 is 12.3 Å². The number of halogens is 4. The molecule has 1 aliphatic carbocycles. The first kappa shape index (κ1) is 34.8. The molecule has 10 nitrogen and oxygen atoms in total. The van der Waals surface area contributed by atoms with Crippen LogP contribution in [0.4, 0.5) is 22.4 Å². The highest BCUT2D eigenvalue weighted by atomic mass is 32.2. The molecule has 3 N–H and O–H groups in total. The Balaban J connectivity index is 1.39. The molecule has 1 aromatic heterocycles. The van der Waals surface area contributed by atoms with Gasteiger partial charge in [0.15, 0.2) is 23.0 Å². The van der Waals surface area contributed by atoms with E-state index in [0.717, 1.165) is 31.0 Å². The van der Waals surface area contributed by atoms with Gasteiger partial charge in [0.1, 0.15) is 18.1 Å². The molecule has 15 heteroatoms. The number of amides is 1. The number of pyridine rings is 1. The molecular weight excluding hydrogens is 670 g/mol. The summed E-state index contributed by atoms with van der Waals surface area (Å²) in [4.78, 5) is 29.6. The fraction of sp³-hybridized carbons (Fsp3) is 0.441. The summed E-state index contributed by atoms with van der Waals surface area (Å²) in [5.74, 6) is -0.952. The highest BCUT2D eigenvalue weighted by Crippen LogP contribution is 2.49. The standard InChI is InChI=1S/C34H35F4N3O7S/c1-31(2,3)49(45)41-32(4)17-46-29-23(32)15-26(40-27(29)18-5-7-21(35)8-6-18)33(44,34(36,37)38)12-11-24(42)19-13-20-16-39-30(43)48-28(20)25(14-19)47-22-9-10-22/h5-8,13-15,22,41,44H,9-12,16-17H2,1-4H3,(H,39,43). The Kier molecular flexibility index (Phi) is 8.77. The second-order valence-electron chi connectivity index (χ2n) is 13.6. The van der Waals surface area contributed by atoms with E-state index < -0.39 is 69.3 Å². The van der Waals surface area contributed by atoms with Crippen LogP contribution in [0.25, 0.3) is 11.3 Å². The molecule has 1 fully saturated rings. The molecule has 1 saturated carbocycles. The van der Waals surface area contributed by atoms with E-state index >= 15 is 0 Å². The lowest BCUT2D eigenvalue weighted by molar-refractivity contribution is -0.270. The first-order valence-electron chi connectivity index (χ1n) is 15.6. The molecule has 3 aliphatic rings. The highest BCUT2D eigenvalue weighted by Gasteiger charge is 2.57. The van der Waals surface area contributed by atoms with Gasteiger partial charge in [0.2, 0.25) is 5.60 Å². The number of carbonyl (C=O) groups excluding carboxylic acids is 2. The van der Waals surface area contributed by atoms with Gasteiger partial charge in [-0.05, 0) is 89.4 Å². The van der Waals surface area contributed by atoms with Crippen LogP contribution in [-0.2, 0) is 28.7 Å². The van der Waals surface area contributed by atoms with Gasteiger partial charge in [-0.25, -0.2) is 23.1 Å². The van der Waals surface area contributed by atoms with Crippen molar-refractivity contribution in [3.63, 3.8) is 0 Å². The summed E-state index contributed by atoms with van der Waals surface area (Å²) in [5, 5.41) is 14.0. The van der Waals surface area contributed by atoms with E-state index in [-0.39, 0.29) is 58.9 Å². The average molecular weight is 706 g/mol. The summed E-state index contributed by atoms with van der Waals surface area (Å²) < 4.78 is 91.2. The van der Waals surface area contributed by atoms with Crippen molar-refractivity contribution in [2.24, 2.45) is 0 Å². The van der Waals surface area contributed by atoms with Crippen molar-refractivity contribution in [3.8, 4) is 28.5 Å². The van der Waals surface area contributed by atoms with Crippen LogP contribution in [-0.4, -0.2) is 49.8 Å². The van der Waals surface area contributed by atoms with E-state index in [1.807, 2.05) is 0 Å². The van der Waals surface area contributed by atoms with Gasteiger partial charge < -0.3 is 24.6 Å². The third kappa shape index (κ3) is 6.88. The van der Waals surface area contributed by atoms with E-state index in [2.05, 4.69) is 15.0 Å². The molecule has 262 valence electrons. The minimum Gasteiger partial charge on any atom is -0.489 e. The van der Waals surface area contributed by atoms with E-state index in [1.54, 1.807) is 27.7 Å². The zero-order chi connectivity index (χ0) is 35.5. The van der Waals surface area contributed by atoms with Crippen molar-refractivity contribution in [3.05, 3.63) is 70.7 Å². The summed E-state index contributed by atoms with van der Waals surface area (Å²) in [6, 6.07) is 8.66. The number of carbonyl (C=O) groups is 2. The zero-order valence-corrected chi connectivity index (χ0v) is 27.9. The lowest BCUT2D eigenvalue weighted by Gasteiger charge is -2.32. The smallest absolute Gasteiger partial charge is 0.422 e. The van der Waals surface area contributed by atoms with E-state index in [9.17, 15) is 36.5 Å². The Bertz CT molecular complexity index is 1840. The van der Waals surface area contributed by atoms with Crippen molar-refractivity contribution in [2.75, 3.05) is 6.61 Å². The van der Waals surface area contributed by atoms with Crippen LogP contribution in [0.2, 0.25) is 0 Å². The molecule has 3 heterocycles. The van der Waals surface area contributed by atoms with Crippen molar-refractivity contribution < 1.29 is 50.7 Å². The Morgan fingerprint density at radius 1 is 1.14 bits per heavy atom. The number of alkyl halides is 3. The Labute approximate surface area is 282 Å². The number of Topliss-reactive ketones (excluding diaryl/α,β-unsaturated/α-hetero) is 1. The summed E-state index contributed by atoms with van der Waals surface area (Å²) in [5.41, 5.74) is -5.01. The van der Waals surface area contributed by atoms with Crippen molar-refractivity contribution in [1.82, 2.24) is 15.0 Å². The normalized spacial score (nSPS) is 20.6. The maximum Gasteiger partial charge on any atom is 0.422 e. The lowest BCUT2D eigenvalue weighted by atomic mass is 9.86. The van der Waals surface area contributed by atoms with Gasteiger partial charge in [0.25, 0.3) is 0 Å². The predicted molar refractivity (Wildman–Crippen MR) is 170 cm³/mol. The Morgan fingerprint density at radius 2 is 1.84 bits per heavy atom. The van der Waals surface area contributed by atoms with Crippen molar-refractivity contribution in [1.29, 1.82) is 0 Å². The van der Waals surface area contributed by atoms with Crippen molar-refractivity contribution >= 4 is 22.9 Å². The van der Waals surface area contributed by atoms with Crippen LogP contribution in [0, 0.1) is 5.82 Å². The number of hydrogen-bond acceptors (Lipinski definition) is 8. The largest absolute Gasteiger partial charge is 0.489 e. The molecule has 1 amide bonds.